The standard InChI is InChI=1S/C10H18N4O5Si3/c15-9-4-1-13-14(8(4)11-3-12-9)10-7(19-22)6(18-21)5(17-10)2-16-20/h1,3,5-7,10H,2H2,20-22H3,(H,11,12,15)/t5-,6-,7-,10-/m1/s1. The van der Waals surface area contributed by atoms with E-state index in [0.29, 0.717) is 49.1 Å². The number of nitrogens with zero attached hydrogens (tertiary/aromatic N) is 3. The first-order chi connectivity index (χ1) is 10.7. The highest BCUT2D eigenvalue weighted by Gasteiger charge is 2.46. The molecule has 0 spiro atoms. The number of rotatable bonds is 5. The highest BCUT2D eigenvalue weighted by Crippen LogP contribution is 2.33. The molecule has 1 N–H and O–H groups in total. The normalized spacial score (nSPS) is 28.9. The molecule has 1 fully saturated rings. The molecule has 0 amide bonds. The topological polar surface area (TPSA) is 100 Å². The van der Waals surface area contributed by atoms with Gasteiger partial charge in [-0.05, 0) is 0 Å². The fourth-order valence-electron chi connectivity index (χ4n) is 2.80. The zero-order chi connectivity index (χ0) is 15.7. The van der Waals surface area contributed by atoms with E-state index < -0.39 is 6.23 Å². The minimum Gasteiger partial charge on any atom is -0.425 e. The van der Waals surface area contributed by atoms with Crippen molar-refractivity contribution in [1.29, 1.82) is 0 Å². The first-order valence-electron chi connectivity index (χ1n) is 6.82. The van der Waals surface area contributed by atoms with E-state index in [4.69, 9.17) is 18.0 Å². The molecule has 22 heavy (non-hydrogen) atoms. The lowest BCUT2D eigenvalue weighted by atomic mass is 10.1. The van der Waals surface area contributed by atoms with Crippen molar-refractivity contribution in [2.45, 2.75) is 24.5 Å². The van der Waals surface area contributed by atoms with Crippen LogP contribution in [0.3, 0.4) is 0 Å². The molecular weight excluding hydrogens is 340 g/mol. The molecule has 0 unspecified atom stereocenters. The molecular formula is C10H18N4O5Si3. The molecule has 12 heteroatoms. The van der Waals surface area contributed by atoms with E-state index >= 15 is 0 Å². The van der Waals surface area contributed by atoms with Gasteiger partial charge in [-0.25, -0.2) is 9.67 Å². The average Bonchev–Trinajstić information content (AvgIpc) is 3.09. The molecule has 0 aliphatic carbocycles. The summed E-state index contributed by atoms with van der Waals surface area (Å²) in [6, 6.07) is 0. The van der Waals surface area contributed by atoms with Gasteiger partial charge >= 0.3 is 0 Å². The third-order valence-corrected chi connectivity index (χ3v) is 5.22. The number of H-pyrrole nitrogens is 1. The zero-order valence-corrected chi connectivity index (χ0v) is 18.6. The Bertz CT molecular complexity index is 709. The summed E-state index contributed by atoms with van der Waals surface area (Å²) in [6.45, 7) is 0.463. The van der Waals surface area contributed by atoms with Gasteiger partial charge in [0, 0.05) is 0 Å². The van der Waals surface area contributed by atoms with Gasteiger partial charge in [-0.2, -0.15) is 5.10 Å². The van der Waals surface area contributed by atoms with Crippen LogP contribution in [-0.2, 0) is 18.0 Å². The van der Waals surface area contributed by atoms with Crippen LogP contribution in [0.4, 0.5) is 0 Å². The number of fused-ring (bicyclic) bond motifs is 1. The van der Waals surface area contributed by atoms with Gasteiger partial charge in [0.25, 0.3) is 5.56 Å². The summed E-state index contributed by atoms with van der Waals surface area (Å²) in [6.07, 6.45) is 1.68. The van der Waals surface area contributed by atoms with Crippen molar-refractivity contribution in [2.24, 2.45) is 0 Å². The number of hydrogen-bond donors (Lipinski definition) is 1. The molecule has 0 bridgehead atoms. The van der Waals surface area contributed by atoms with Crippen LogP contribution >= 0.6 is 0 Å². The lowest BCUT2D eigenvalue weighted by Gasteiger charge is -2.22. The largest absolute Gasteiger partial charge is 0.425 e. The number of aromatic amines is 1. The average molecular weight is 359 g/mol. The van der Waals surface area contributed by atoms with Gasteiger partial charge in [0.05, 0.1) is 19.1 Å². The Balaban J connectivity index is 2.01. The SMILES string of the molecule is O=c1[nH]cnc2c1cnn2[C@@H]1O[C@H](CO[SiH3])[C@@H](O[SiH3])[C@H]1O[SiH3]. The number of ether oxygens (including phenoxy) is 1. The van der Waals surface area contributed by atoms with Crippen molar-refractivity contribution in [2.75, 3.05) is 6.61 Å². The molecule has 9 nitrogen and oxygen atoms in total. The van der Waals surface area contributed by atoms with Crippen LogP contribution in [0.15, 0.2) is 17.3 Å². The van der Waals surface area contributed by atoms with Crippen LogP contribution in [0.1, 0.15) is 6.23 Å². The second-order valence-electron chi connectivity index (χ2n) is 4.98. The van der Waals surface area contributed by atoms with E-state index in [1.165, 1.54) is 12.5 Å². The Labute approximate surface area is 134 Å². The summed E-state index contributed by atoms with van der Waals surface area (Å²) in [7, 11) is 1.74. The van der Waals surface area contributed by atoms with Gasteiger partial charge in [-0.3, -0.25) is 4.79 Å². The summed E-state index contributed by atoms with van der Waals surface area (Å²) in [5.41, 5.74) is 0.240. The molecule has 4 atom stereocenters. The molecule has 0 aromatic carbocycles. The predicted molar refractivity (Wildman–Crippen MR) is 87.6 cm³/mol. The van der Waals surface area contributed by atoms with Crippen LogP contribution in [-0.4, -0.2) is 76.1 Å². The minimum atomic E-state index is -0.481. The van der Waals surface area contributed by atoms with Crippen LogP contribution in [0.5, 0.6) is 0 Å². The smallest absolute Gasteiger partial charge is 0.261 e. The monoisotopic (exact) mass is 358 g/mol. The maximum atomic E-state index is 11.8. The molecule has 1 aliphatic rings. The predicted octanol–water partition coefficient (Wildman–Crippen LogP) is -4.35. The molecule has 1 aliphatic heterocycles. The Hall–Kier alpha value is -1.16. The molecule has 2 aromatic heterocycles. The van der Waals surface area contributed by atoms with Crippen molar-refractivity contribution in [1.82, 2.24) is 19.7 Å². The lowest BCUT2D eigenvalue weighted by Crippen LogP contribution is -2.37. The van der Waals surface area contributed by atoms with Crippen molar-refractivity contribution >= 4 is 42.5 Å². The Morgan fingerprint density at radius 1 is 1.32 bits per heavy atom. The summed E-state index contributed by atoms with van der Waals surface area (Å²) >= 11 is 0. The van der Waals surface area contributed by atoms with Gasteiger partial charge < -0.3 is 23.0 Å². The summed E-state index contributed by atoms with van der Waals surface area (Å²) < 4.78 is 24.3. The number of hydrogen-bond acceptors (Lipinski definition) is 7. The molecule has 120 valence electrons. The molecule has 1 saturated heterocycles. The van der Waals surface area contributed by atoms with Crippen molar-refractivity contribution < 1.29 is 18.0 Å². The highest BCUT2D eigenvalue weighted by atomic mass is 28.2. The van der Waals surface area contributed by atoms with Gasteiger partial charge in [-0.1, -0.05) is 0 Å². The molecule has 3 rings (SSSR count). The fourth-order valence-corrected chi connectivity index (χ4v) is 4.20. The third kappa shape index (κ3) is 2.51. The van der Waals surface area contributed by atoms with E-state index in [1.807, 2.05) is 0 Å². The lowest BCUT2D eigenvalue weighted by molar-refractivity contribution is -0.0475. The highest BCUT2D eigenvalue weighted by molar-refractivity contribution is 5.99. The van der Waals surface area contributed by atoms with Crippen molar-refractivity contribution in [3.63, 3.8) is 0 Å². The maximum absolute atomic E-state index is 11.8. The quantitative estimate of drug-likeness (QED) is 0.539. The Morgan fingerprint density at radius 3 is 2.77 bits per heavy atom. The van der Waals surface area contributed by atoms with Gasteiger partial charge in [0.2, 0.25) is 0 Å². The summed E-state index contributed by atoms with van der Waals surface area (Å²) in [4.78, 5) is 18.5. The maximum Gasteiger partial charge on any atom is 0.261 e. The Kier molecular flexibility index (Phi) is 4.67. The van der Waals surface area contributed by atoms with Gasteiger partial charge in [0.1, 0.15) is 55.2 Å². The van der Waals surface area contributed by atoms with Crippen LogP contribution in [0.2, 0.25) is 0 Å². The van der Waals surface area contributed by atoms with E-state index in [2.05, 4.69) is 15.1 Å². The van der Waals surface area contributed by atoms with Crippen LogP contribution in [0, 0.1) is 0 Å². The van der Waals surface area contributed by atoms with Crippen LogP contribution < -0.4 is 5.56 Å². The fraction of sp³-hybridized carbons (Fsp3) is 0.500. The Morgan fingerprint density at radius 2 is 2.09 bits per heavy atom. The van der Waals surface area contributed by atoms with Crippen molar-refractivity contribution in [3.8, 4) is 0 Å². The minimum absolute atomic E-state index is 0.190. The van der Waals surface area contributed by atoms with E-state index in [-0.39, 0.29) is 23.9 Å². The van der Waals surface area contributed by atoms with E-state index in [0.717, 1.165) is 0 Å². The van der Waals surface area contributed by atoms with Gasteiger partial charge in [-0.15, -0.1) is 0 Å². The van der Waals surface area contributed by atoms with Gasteiger partial charge in [0.15, 0.2) is 11.9 Å². The third-order valence-electron chi connectivity index (χ3n) is 3.80. The van der Waals surface area contributed by atoms with Crippen molar-refractivity contribution in [3.05, 3.63) is 22.9 Å². The molecule has 3 heterocycles. The van der Waals surface area contributed by atoms with E-state index in [1.54, 1.807) is 4.68 Å². The first-order valence-corrected chi connectivity index (χ1v) is 9.27. The molecule has 2 aromatic rings. The number of nitrogens with one attached hydrogen (secondary N) is 1. The second kappa shape index (κ2) is 6.53. The second-order valence-corrected chi connectivity index (χ2v) is 6.50. The van der Waals surface area contributed by atoms with E-state index in [9.17, 15) is 4.79 Å². The zero-order valence-electron chi connectivity index (χ0n) is 12.6. The summed E-state index contributed by atoms with van der Waals surface area (Å²) in [5, 5.41) is 4.69. The van der Waals surface area contributed by atoms with Crippen LogP contribution in [0.25, 0.3) is 11.0 Å². The molecule has 0 saturated carbocycles. The first kappa shape index (κ1) is 15.7. The number of aromatic nitrogens is 4. The molecule has 0 radical (unpaired) electrons. The summed E-state index contributed by atoms with van der Waals surface area (Å²) in [5.74, 6) is 0.